The molecule has 20 heavy (non-hydrogen) atoms. The molecular weight excluding hydrogens is 283 g/mol. The van der Waals surface area contributed by atoms with E-state index >= 15 is 0 Å². The van der Waals surface area contributed by atoms with Gasteiger partial charge in [0.2, 0.25) is 0 Å². The van der Waals surface area contributed by atoms with E-state index in [9.17, 15) is 22.8 Å². The summed E-state index contributed by atoms with van der Waals surface area (Å²) >= 11 is 0. The Balaban J connectivity index is 2.89. The van der Waals surface area contributed by atoms with Crippen LogP contribution in [0.25, 0.3) is 0 Å². The molecule has 0 aromatic heterocycles. The number of carboxylic acids is 1. The van der Waals surface area contributed by atoms with Gasteiger partial charge in [-0.2, -0.15) is 13.2 Å². The lowest BCUT2D eigenvalue weighted by Gasteiger charge is -2.38. The second-order valence-corrected chi connectivity index (χ2v) is 5.35. The predicted octanol–water partition coefficient (Wildman–Crippen LogP) is 1.64. The highest BCUT2D eigenvalue weighted by molar-refractivity contribution is 5.80. The van der Waals surface area contributed by atoms with Crippen LogP contribution in [-0.2, 0) is 14.3 Å². The SMILES string of the molecule is CC(C)(C)OC(=O)N1C[C@H](C(F)(F)F)OC[C@@H]1C(=O)O. The highest BCUT2D eigenvalue weighted by Gasteiger charge is 2.49. The van der Waals surface area contributed by atoms with E-state index in [4.69, 9.17) is 9.84 Å². The van der Waals surface area contributed by atoms with Crippen LogP contribution in [0.3, 0.4) is 0 Å². The van der Waals surface area contributed by atoms with Crippen molar-refractivity contribution in [3.8, 4) is 0 Å². The highest BCUT2D eigenvalue weighted by Crippen LogP contribution is 2.28. The number of carbonyl (C=O) groups is 2. The molecule has 1 saturated heterocycles. The van der Waals surface area contributed by atoms with Crippen molar-refractivity contribution in [3.63, 3.8) is 0 Å². The number of amides is 1. The van der Waals surface area contributed by atoms with E-state index in [-0.39, 0.29) is 0 Å². The van der Waals surface area contributed by atoms with Crippen LogP contribution in [-0.4, -0.2) is 59.1 Å². The number of carboxylic acid groups (broad SMARTS) is 1. The number of halogens is 3. The van der Waals surface area contributed by atoms with E-state index in [2.05, 4.69) is 4.74 Å². The van der Waals surface area contributed by atoms with Crippen molar-refractivity contribution in [1.29, 1.82) is 0 Å². The average Bonchev–Trinajstić information content (AvgIpc) is 2.24. The van der Waals surface area contributed by atoms with Crippen LogP contribution in [0.15, 0.2) is 0 Å². The van der Waals surface area contributed by atoms with Gasteiger partial charge in [-0.15, -0.1) is 0 Å². The second-order valence-electron chi connectivity index (χ2n) is 5.35. The maximum Gasteiger partial charge on any atom is 0.416 e. The molecule has 0 aromatic carbocycles. The number of ether oxygens (including phenoxy) is 2. The van der Waals surface area contributed by atoms with E-state index in [1.54, 1.807) is 0 Å². The Labute approximate surface area is 113 Å². The molecule has 0 radical (unpaired) electrons. The summed E-state index contributed by atoms with van der Waals surface area (Å²) < 4.78 is 47.2. The van der Waals surface area contributed by atoms with Gasteiger partial charge in [-0.1, -0.05) is 0 Å². The number of aliphatic carboxylic acids is 1. The number of alkyl halides is 3. The van der Waals surface area contributed by atoms with E-state index < -0.39 is 49.1 Å². The summed E-state index contributed by atoms with van der Waals surface area (Å²) in [6.07, 6.45) is -8.00. The molecular formula is C11H16F3NO5. The molecule has 1 aliphatic heterocycles. The molecule has 0 bridgehead atoms. The van der Waals surface area contributed by atoms with E-state index in [0.29, 0.717) is 4.90 Å². The fourth-order valence-electron chi connectivity index (χ4n) is 1.58. The number of morpholine rings is 1. The van der Waals surface area contributed by atoms with Crippen molar-refractivity contribution >= 4 is 12.1 Å². The lowest BCUT2D eigenvalue weighted by atomic mass is 10.1. The van der Waals surface area contributed by atoms with Crippen molar-refractivity contribution in [2.75, 3.05) is 13.2 Å². The first kappa shape index (κ1) is 16.5. The van der Waals surface area contributed by atoms with E-state index in [1.165, 1.54) is 20.8 Å². The van der Waals surface area contributed by atoms with E-state index in [0.717, 1.165) is 0 Å². The Morgan fingerprint density at radius 2 is 1.85 bits per heavy atom. The third kappa shape index (κ3) is 4.26. The molecule has 0 unspecified atom stereocenters. The predicted molar refractivity (Wildman–Crippen MR) is 60.2 cm³/mol. The van der Waals surface area contributed by atoms with Crippen LogP contribution in [0, 0.1) is 0 Å². The summed E-state index contributed by atoms with van der Waals surface area (Å²) in [6, 6.07) is -1.50. The third-order valence-corrected chi connectivity index (χ3v) is 2.47. The second kappa shape index (κ2) is 5.47. The van der Waals surface area contributed by atoms with Gasteiger partial charge in [-0.3, -0.25) is 4.90 Å². The molecule has 0 saturated carbocycles. The zero-order valence-electron chi connectivity index (χ0n) is 11.2. The number of nitrogens with zero attached hydrogens (tertiary/aromatic N) is 1. The number of rotatable bonds is 1. The molecule has 1 amide bonds. The average molecular weight is 299 g/mol. The molecule has 9 heteroatoms. The summed E-state index contributed by atoms with van der Waals surface area (Å²) in [5, 5.41) is 8.93. The first-order valence-electron chi connectivity index (χ1n) is 5.82. The fraction of sp³-hybridized carbons (Fsp3) is 0.818. The maximum atomic E-state index is 12.6. The minimum absolute atomic E-state index is 0.537. The lowest BCUT2D eigenvalue weighted by molar-refractivity contribution is -0.242. The standard InChI is InChI=1S/C11H16F3NO5/c1-10(2,3)20-9(18)15-4-7(11(12,13)14)19-5-6(15)8(16)17/h6-7H,4-5H2,1-3H3,(H,16,17)/t6-,7-/m1/s1. The minimum Gasteiger partial charge on any atom is -0.480 e. The Kier molecular flexibility index (Phi) is 4.52. The molecule has 1 aliphatic rings. The Morgan fingerprint density at radius 3 is 2.25 bits per heavy atom. The van der Waals surface area contributed by atoms with E-state index in [1.807, 2.05) is 0 Å². The molecule has 116 valence electrons. The summed E-state index contributed by atoms with van der Waals surface area (Å²) in [5.41, 5.74) is -0.938. The van der Waals surface area contributed by atoms with Crippen LogP contribution >= 0.6 is 0 Å². The van der Waals surface area contributed by atoms with Crippen molar-refractivity contribution in [2.45, 2.75) is 44.7 Å². The lowest BCUT2D eigenvalue weighted by Crippen LogP contribution is -2.59. The van der Waals surface area contributed by atoms with Gasteiger partial charge in [0.1, 0.15) is 5.60 Å². The molecule has 1 heterocycles. The van der Waals surface area contributed by atoms with Crippen molar-refractivity contribution < 1.29 is 37.3 Å². The maximum absolute atomic E-state index is 12.6. The first-order valence-corrected chi connectivity index (χ1v) is 5.82. The molecule has 0 aliphatic carbocycles. The van der Waals surface area contributed by atoms with Gasteiger partial charge in [0.05, 0.1) is 13.2 Å². The fourth-order valence-corrected chi connectivity index (χ4v) is 1.58. The molecule has 6 nitrogen and oxygen atoms in total. The molecule has 1 N–H and O–H groups in total. The first-order chi connectivity index (χ1) is 8.92. The zero-order chi connectivity index (χ0) is 15.7. The number of hydrogen-bond acceptors (Lipinski definition) is 4. The Hall–Kier alpha value is -1.51. The van der Waals surface area contributed by atoms with Crippen molar-refractivity contribution in [3.05, 3.63) is 0 Å². The van der Waals surface area contributed by atoms with Gasteiger partial charge in [0.15, 0.2) is 12.1 Å². The summed E-state index contributed by atoms with van der Waals surface area (Å²) in [4.78, 5) is 23.3. The zero-order valence-corrected chi connectivity index (χ0v) is 11.2. The van der Waals surface area contributed by atoms with Gasteiger partial charge in [-0.05, 0) is 20.8 Å². The third-order valence-electron chi connectivity index (χ3n) is 2.47. The van der Waals surface area contributed by atoms with Crippen molar-refractivity contribution in [2.24, 2.45) is 0 Å². The molecule has 0 spiro atoms. The normalized spacial score (nSPS) is 24.4. The molecule has 1 fully saturated rings. The van der Waals surface area contributed by atoms with Crippen LogP contribution < -0.4 is 0 Å². The highest BCUT2D eigenvalue weighted by atomic mass is 19.4. The molecule has 0 aromatic rings. The monoisotopic (exact) mass is 299 g/mol. The van der Waals surface area contributed by atoms with Gasteiger partial charge in [0, 0.05) is 0 Å². The largest absolute Gasteiger partial charge is 0.480 e. The number of hydrogen-bond donors (Lipinski definition) is 1. The van der Waals surface area contributed by atoms with Crippen LogP contribution in [0.5, 0.6) is 0 Å². The Morgan fingerprint density at radius 1 is 1.30 bits per heavy atom. The molecule has 1 rings (SSSR count). The van der Waals surface area contributed by atoms with Crippen molar-refractivity contribution in [1.82, 2.24) is 4.90 Å². The molecule has 2 atom stereocenters. The van der Waals surface area contributed by atoms with Gasteiger partial charge < -0.3 is 14.6 Å². The van der Waals surface area contributed by atoms with Crippen LogP contribution in [0.4, 0.5) is 18.0 Å². The minimum atomic E-state index is -4.68. The van der Waals surface area contributed by atoms with Crippen LogP contribution in [0.1, 0.15) is 20.8 Å². The number of carbonyl (C=O) groups excluding carboxylic acids is 1. The quantitative estimate of drug-likeness (QED) is 0.796. The van der Waals surface area contributed by atoms with Crippen LogP contribution in [0.2, 0.25) is 0 Å². The van der Waals surface area contributed by atoms with Gasteiger partial charge >= 0.3 is 18.2 Å². The van der Waals surface area contributed by atoms with Gasteiger partial charge in [0.25, 0.3) is 0 Å². The van der Waals surface area contributed by atoms with Gasteiger partial charge in [-0.25, -0.2) is 9.59 Å². The summed E-state index contributed by atoms with van der Waals surface area (Å²) in [7, 11) is 0. The summed E-state index contributed by atoms with van der Waals surface area (Å²) in [6.45, 7) is 2.95. The Bertz CT molecular complexity index is 391. The smallest absolute Gasteiger partial charge is 0.416 e. The summed E-state index contributed by atoms with van der Waals surface area (Å²) in [5.74, 6) is -1.45. The topological polar surface area (TPSA) is 76.1 Å².